The zero-order chi connectivity index (χ0) is 14.4. The van der Waals surface area contributed by atoms with E-state index in [0.29, 0.717) is 32.6 Å². The second-order valence-corrected chi connectivity index (χ2v) is 4.94. The fourth-order valence-corrected chi connectivity index (χ4v) is 2.40. The highest BCUT2D eigenvalue weighted by molar-refractivity contribution is 5.79. The zero-order valence-electron chi connectivity index (χ0n) is 11.6. The molecule has 6 heteroatoms. The maximum atomic E-state index is 12.0. The molecule has 20 heavy (non-hydrogen) atoms. The van der Waals surface area contributed by atoms with Gasteiger partial charge in [0.1, 0.15) is 6.61 Å². The fourth-order valence-electron chi connectivity index (χ4n) is 2.40. The van der Waals surface area contributed by atoms with Crippen molar-refractivity contribution in [3.63, 3.8) is 0 Å². The molecule has 0 saturated carbocycles. The van der Waals surface area contributed by atoms with E-state index in [0.717, 1.165) is 13.0 Å². The van der Waals surface area contributed by atoms with E-state index in [9.17, 15) is 9.59 Å². The lowest BCUT2D eigenvalue weighted by Gasteiger charge is -2.34. The molecule has 0 radical (unpaired) electrons. The van der Waals surface area contributed by atoms with Crippen LogP contribution in [-0.4, -0.2) is 64.1 Å². The van der Waals surface area contributed by atoms with Crippen LogP contribution in [0.25, 0.3) is 0 Å². The lowest BCUT2D eigenvalue weighted by Crippen LogP contribution is -2.51. The number of carbonyl (C=O) groups is 2. The first-order valence-electron chi connectivity index (χ1n) is 6.98. The van der Waals surface area contributed by atoms with Gasteiger partial charge in [0.05, 0.1) is 0 Å². The van der Waals surface area contributed by atoms with Crippen molar-refractivity contribution in [2.45, 2.75) is 19.4 Å². The molecule has 1 N–H and O–H groups in total. The molecule has 0 bridgehead atoms. The first-order chi connectivity index (χ1) is 9.70. The highest BCUT2D eigenvalue weighted by atomic mass is 16.3. The summed E-state index contributed by atoms with van der Waals surface area (Å²) in [7, 11) is 0. The predicted molar refractivity (Wildman–Crippen MR) is 73.9 cm³/mol. The minimum Gasteiger partial charge on any atom is -0.387 e. The number of hydrogen-bond donors (Lipinski definition) is 1. The Morgan fingerprint density at radius 3 is 2.05 bits per heavy atom. The normalized spacial score (nSPS) is 15.4. The van der Waals surface area contributed by atoms with Crippen molar-refractivity contribution in [2.75, 3.05) is 32.8 Å². The van der Waals surface area contributed by atoms with Gasteiger partial charge in [-0.1, -0.05) is 0 Å². The SMILES string of the molecule is O=C(CO)N1CCN(C(=O)CCCn2cccc2)CC1. The molecule has 1 aromatic rings. The summed E-state index contributed by atoms with van der Waals surface area (Å²) < 4.78 is 2.06. The molecule has 1 fully saturated rings. The van der Waals surface area contributed by atoms with Crippen LogP contribution in [0.2, 0.25) is 0 Å². The molecular formula is C14H21N3O3. The number of hydrogen-bond acceptors (Lipinski definition) is 3. The van der Waals surface area contributed by atoms with E-state index < -0.39 is 6.61 Å². The molecule has 2 rings (SSSR count). The number of aromatic nitrogens is 1. The fraction of sp³-hybridized carbons (Fsp3) is 0.571. The highest BCUT2D eigenvalue weighted by Crippen LogP contribution is 2.06. The van der Waals surface area contributed by atoms with E-state index in [1.54, 1.807) is 9.80 Å². The van der Waals surface area contributed by atoms with Gasteiger partial charge in [-0.25, -0.2) is 0 Å². The number of amides is 2. The highest BCUT2D eigenvalue weighted by Gasteiger charge is 2.23. The van der Waals surface area contributed by atoms with Crippen molar-refractivity contribution in [1.29, 1.82) is 0 Å². The summed E-state index contributed by atoms with van der Waals surface area (Å²) >= 11 is 0. The molecule has 110 valence electrons. The second kappa shape index (κ2) is 7.09. The Labute approximate surface area is 118 Å². The molecule has 1 aliphatic rings. The standard InChI is InChI=1S/C14H21N3O3/c18-12-14(20)17-10-8-16(9-11-17)13(19)4-3-7-15-5-1-2-6-15/h1-2,5-6,18H,3-4,7-12H2. The third-order valence-corrected chi connectivity index (χ3v) is 3.59. The van der Waals surface area contributed by atoms with Crippen LogP contribution in [-0.2, 0) is 16.1 Å². The van der Waals surface area contributed by atoms with Crippen LogP contribution in [0.4, 0.5) is 0 Å². The first-order valence-corrected chi connectivity index (χ1v) is 6.98. The van der Waals surface area contributed by atoms with Crippen LogP contribution in [0.1, 0.15) is 12.8 Å². The van der Waals surface area contributed by atoms with Crippen LogP contribution in [0.15, 0.2) is 24.5 Å². The van der Waals surface area contributed by atoms with Gasteiger partial charge in [-0.3, -0.25) is 9.59 Å². The number of aryl methyl sites for hydroxylation is 1. The molecular weight excluding hydrogens is 258 g/mol. The Bertz CT molecular complexity index is 437. The van der Waals surface area contributed by atoms with Crippen molar-refractivity contribution in [3.8, 4) is 0 Å². The Kier molecular flexibility index (Phi) is 5.17. The molecule has 0 unspecified atom stereocenters. The summed E-state index contributed by atoms with van der Waals surface area (Å²) in [6.07, 6.45) is 5.34. The van der Waals surface area contributed by atoms with Crippen LogP contribution < -0.4 is 0 Å². The van der Waals surface area contributed by atoms with Crippen molar-refractivity contribution in [3.05, 3.63) is 24.5 Å². The average molecular weight is 279 g/mol. The van der Waals surface area contributed by atoms with Gasteiger partial charge in [-0.2, -0.15) is 0 Å². The summed E-state index contributed by atoms with van der Waals surface area (Å²) in [6.45, 7) is 2.56. The summed E-state index contributed by atoms with van der Waals surface area (Å²) in [4.78, 5) is 26.8. The molecule has 1 aromatic heterocycles. The van der Waals surface area contributed by atoms with Gasteiger partial charge in [0.25, 0.3) is 0 Å². The van der Waals surface area contributed by atoms with Crippen molar-refractivity contribution < 1.29 is 14.7 Å². The summed E-state index contributed by atoms with van der Waals surface area (Å²) in [5.74, 6) is -0.113. The second-order valence-electron chi connectivity index (χ2n) is 4.94. The Morgan fingerprint density at radius 1 is 0.950 bits per heavy atom. The van der Waals surface area contributed by atoms with Gasteiger partial charge >= 0.3 is 0 Å². The van der Waals surface area contributed by atoms with E-state index in [1.807, 2.05) is 24.5 Å². The molecule has 0 atom stereocenters. The van der Waals surface area contributed by atoms with E-state index in [1.165, 1.54) is 0 Å². The zero-order valence-corrected chi connectivity index (χ0v) is 11.6. The molecule has 0 aliphatic carbocycles. The lowest BCUT2D eigenvalue weighted by molar-refractivity contribution is -0.141. The van der Waals surface area contributed by atoms with E-state index in [2.05, 4.69) is 4.57 Å². The van der Waals surface area contributed by atoms with E-state index >= 15 is 0 Å². The van der Waals surface area contributed by atoms with Crippen LogP contribution in [0.5, 0.6) is 0 Å². The van der Waals surface area contributed by atoms with Gasteiger partial charge in [0, 0.05) is 51.5 Å². The molecule has 1 aliphatic heterocycles. The monoisotopic (exact) mass is 279 g/mol. The number of aliphatic hydroxyl groups is 1. The molecule has 0 spiro atoms. The topological polar surface area (TPSA) is 65.8 Å². The van der Waals surface area contributed by atoms with Gasteiger partial charge in [-0.15, -0.1) is 0 Å². The lowest BCUT2D eigenvalue weighted by atomic mass is 10.2. The number of nitrogens with zero attached hydrogens (tertiary/aromatic N) is 3. The average Bonchev–Trinajstić information content (AvgIpc) is 2.99. The maximum Gasteiger partial charge on any atom is 0.248 e. The largest absolute Gasteiger partial charge is 0.387 e. The van der Waals surface area contributed by atoms with Crippen molar-refractivity contribution in [2.24, 2.45) is 0 Å². The van der Waals surface area contributed by atoms with Gasteiger partial charge in [0.2, 0.25) is 11.8 Å². The number of rotatable bonds is 5. The molecule has 1 saturated heterocycles. The predicted octanol–water partition coefficient (Wildman–Crippen LogP) is -0.0686. The van der Waals surface area contributed by atoms with Gasteiger partial charge in [0.15, 0.2) is 0 Å². The van der Waals surface area contributed by atoms with E-state index in [4.69, 9.17) is 5.11 Å². The van der Waals surface area contributed by atoms with Crippen LogP contribution >= 0.6 is 0 Å². The number of carbonyl (C=O) groups excluding carboxylic acids is 2. The summed E-state index contributed by atoms with van der Waals surface area (Å²) in [6, 6.07) is 3.94. The van der Waals surface area contributed by atoms with Crippen molar-refractivity contribution in [1.82, 2.24) is 14.4 Å². The number of aliphatic hydroxyl groups excluding tert-OH is 1. The summed E-state index contributed by atoms with van der Waals surface area (Å²) in [5.41, 5.74) is 0. The Morgan fingerprint density at radius 2 is 1.50 bits per heavy atom. The quantitative estimate of drug-likeness (QED) is 0.820. The number of piperazine rings is 1. The first kappa shape index (κ1) is 14.6. The Hall–Kier alpha value is -1.82. The molecule has 0 aromatic carbocycles. The van der Waals surface area contributed by atoms with Gasteiger partial charge < -0.3 is 19.5 Å². The Balaban J connectivity index is 1.68. The van der Waals surface area contributed by atoms with Crippen LogP contribution in [0.3, 0.4) is 0 Å². The van der Waals surface area contributed by atoms with Gasteiger partial charge in [-0.05, 0) is 18.6 Å². The third-order valence-electron chi connectivity index (χ3n) is 3.59. The smallest absolute Gasteiger partial charge is 0.248 e. The molecule has 6 nitrogen and oxygen atoms in total. The van der Waals surface area contributed by atoms with E-state index in [-0.39, 0.29) is 11.8 Å². The third kappa shape index (κ3) is 3.84. The van der Waals surface area contributed by atoms with Crippen molar-refractivity contribution >= 4 is 11.8 Å². The minimum absolute atomic E-state index is 0.147. The maximum absolute atomic E-state index is 12.0. The molecule has 2 heterocycles. The minimum atomic E-state index is -0.454. The van der Waals surface area contributed by atoms with Crippen LogP contribution in [0, 0.1) is 0 Å². The molecule has 2 amide bonds. The summed E-state index contributed by atoms with van der Waals surface area (Å²) in [5, 5.41) is 8.79.